The number of benzene rings is 1. The molecule has 0 fully saturated rings. The van der Waals surface area contributed by atoms with Crippen molar-refractivity contribution in [1.82, 2.24) is 5.32 Å². The van der Waals surface area contributed by atoms with Crippen molar-refractivity contribution in [1.29, 1.82) is 0 Å². The van der Waals surface area contributed by atoms with E-state index in [1.807, 2.05) is 0 Å². The standard InChI is InChI=1S/C13H16BrNO4/c1-8(13(17)18)5-6-15-12(16)9-3-4-11(19-2)10(14)7-9/h3-4,7-8H,5-6H2,1-2H3,(H,15,16)(H,17,18). The van der Waals surface area contributed by atoms with Crippen LogP contribution in [0.25, 0.3) is 0 Å². The van der Waals surface area contributed by atoms with Crippen LogP contribution in [0.4, 0.5) is 0 Å². The van der Waals surface area contributed by atoms with Crippen molar-refractivity contribution in [3.8, 4) is 5.75 Å². The molecule has 1 unspecified atom stereocenters. The van der Waals surface area contributed by atoms with Crippen LogP contribution in [0.15, 0.2) is 22.7 Å². The van der Waals surface area contributed by atoms with Gasteiger partial charge in [-0.1, -0.05) is 6.92 Å². The minimum atomic E-state index is -0.860. The predicted octanol–water partition coefficient (Wildman–Crippen LogP) is 2.30. The lowest BCUT2D eigenvalue weighted by Gasteiger charge is -2.09. The first-order valence-corrected chi connectivity index (χ1v) is 6.59. The molecule has 0 saturated heterocycles. The fraction of sp³-hybridized carbons (Fsp3) is 0.385. The fourth-order valence-corrected chi connectivity index (χ4v) is 1.98. The molecule has 1 atom stereocenters. The SMILES string of the molecule is COc1ccc(C(=O)NCCC(C)C(=O)O)cc1Br. The van der Waals surface area contributed by atoms with Crippen LogP contribution in [0, 0.1) is 5.92 Å². The van der Waals surface area contributed by atoms with Crippen LogP contribution in [-0.4, -0.2) is 30.6 Å². The van der Waals surface area contributed by atoms with Crippen LogP contribution in [-0.2, 0) is 4.79 Å². The Kier molecular flexibility index (Phi) is 5.82. The van der Waals surface area contributed by atoms with Crippen molar-refractivity contribution in [3.05, 3.63) is 28.2 Å². The molecule has 0 saturated carbocycles. The van der Waals surface area contributed by atoms with E-state index in [2.05, 4.69) is 21.2 Å². The van der Waals surface area contributed by atoms with Crippen LogP contribution in [0.2, 0.25) is 0 Å². The van der Waals surface area contributed by atoms with Gasteiger partial charge in [0, 0.05) is 12.1 Å². The van der Waals surface area contributed by atoms with Gasteiger partial charge >= 0.3 is 5.97 Å². The van der Waals surface area contributed by atoms with E-state index in [1.54, 1.807) is 32.2 Å². The third-order valence-corrected chi connectivity index (χ3v) is 3.32. The van der Waals surface area contributed by atoms with Gasteiger partial charge in [-0.2, -0.15) is 0 Å². The maximum absolute atomic E-state index is 11.8. The Hall–Kier alpha value is -1.56. The van der Waals surface area contributed by atoms with Crippen LogP contribution in [0.3, 0.4) is 0 Å². The number of methoxy groups -OCH3 is 1. The summed E-state index contributed by atoms with van der Waals surface area (Å²) >= 11 is 3.30. The molecule has 0 spiro atoms. The molecule has 1 amide bonds. The number of hydrogen-bond donors (Lipinski definition) is 2. The fourth-order valence-electron chi connectivity index (χ4n) is 1.44. The molecule has 0 aromatic heterocycles. The van der Waals surface area contributed by atoms with Crippen molar-refractivity contribution in [2.24, 2.45) is 5.92 Å². The summed E-state index contributed by atoms with van der Waals surface area (Å²) < 4.78 is 5.77. The van der Waals surface area contributed by atoms with E-state index >= 15 is 0 Å². The highest BCUT2D eigenvalue weighted by molar-refractivity contribution is 9.10. The van der Waals surface area contributed by atoms with Crippen molar-refractivity contribution in [2.45, 2.75) is 13.3 Å². The number of carboxylic acid groups (broad SMARTS) is 1. The summed E-state index contributed by atoms with van der Waals surface area (Å²) in [6.07, 6.45) is 0.401. The average Bonchev–Trinajstić information content (AvgIpc) is 2.38. The molecule has 0 aliphatic rings. The predicted molar refractivity (Wildman–Crippen MR) is 74.4 cm³/mol. The first-order chi connectivity index (χ1) is 8.95. The Labute approximate surface area is 120 Å². The number of hydrogen-bond acceptors (Lipinski definition) is 3. The van der Waals surface area contributed by atoms with Crippen molar-refractivity contribution >= 4 is 27.8 Å². The second-order valence-electron chi connectivity index (χ2n) is 4.13. The highest BCUT2D eigenvalue weighted by atomic mass is 79.9. The van der Waals surface area contributed by atoms with Gasteiger partial charge in [0.05, 0.1) is 17.5 Å². The van der Waals surface area contributed by atoms with Crippen LogP contribution >= 0.6 is 15.9 Å². The molecule has 0 bridgehead atoms. The van der Waals surface area contributed by atoms with Gasteiger partial charge in [0.25, 0.3) is 5.91 Å². The number of aliphatic carboxylic acids is 1. The zero-order chi connectivity index (χ0) is 14.4. The molecular weight excluding hydrogens is 314 g/mol. The Morgan fingerprint density at radius 2 is 2.16 bits per heavy atom. The third kappa shape index (κ3) is 4.55. The number of carboxylic acids is 1. The zero-order valence-electron chi connectivity index (χ0n) is 10.8. The van der Waals surface area contributed by atoms with E-state index in [1.165, 1.54) is 0 Å². The lowest BCUT2D eigenvalue weighted by atomic mass is 10.1. The van der Waals surface area contributed by atoms with Crippen molar-refractivity contribution in [3.63, 3.8) is 0 Å². The van der Waals surface area contributed by atoms with Crippen molar-refractivity contribution < 1.29 is 19.4 Å². The molecule has 6 heteroatoms. The summed E-state index contributed by atoms with van der Waals surface area (Å²) in [6.45, 7) is 1.94. The first-order valence-electron chi connectivity index (χ1n) is 5.80. The largest absolute Gasteiger partial charge is 0.496 e. The van der Waals surface area contributed by atoms with Gasteiger partial charge in [-0.05, 0) is 40.5 Å². The number of carbonyl (C=O) groups is 2. The highest BCUT2D eigenvalue weighted by Crippen LogP contribution is 2.25. The maximum Gasteiger partial charge on any atom is 0.306 e. The molecule has 0 aliphatic carbocycles. The van der Waals surface area contributed by atoms with E-state index in [0.717, 1.165) is 0 Å². The minimum absolute atomic E-state index is 0.235. The second kappa shape index (κ2) is 7.13. The summed E-state index contributed by atoms with van der Waals surface area (Å²) in [6, 6.07) is 5.01. The molecular formula is C13H16BrNO4. The Morgan fingerprint density at radius 1 is 1.47 bits per heavy atom. The van der Waals surface area contributed by atoms with Gasteiger partial charge in [0.2, 0.25) is 0 Å². The summed E-state index contributed by atoms with van der Waals surface area (Å²) in [5.41, 5.74) is 0.496. The molecule has 0 heterocycles. The van der Waals surface area contributed by atoms with E-state index in [4.69, 9.17) is 9.84 Å². The second-order valence-corrected chi connectivity index (χ2v) is 4.99. The molecule has 5 nitrogen and oxygen atoms in total. The average molecular weight is 330 g/mol. The van der Waals surface area contributed by atoms with Crippen molar-refractivity contribution in [2.75, 3.05) is 13.7 Å². The Morgan fingerprint density at radius 3 is 2.68 bits per heavy atom. The molecule has 1 aromatic carbocycles. The van der Waals surface area contributed by atoms with Gasteiger partial charge in [-0.3, -0.25) is 9.59 Å². The van der Waals surface area contributed by atoms with E-state index < -0.39 is 11.9 Å². The number of amides is 1. The Bertz CT molecular complexity index is 476. The summed E-state index contributed by atoms with van der Waals surface area (Å²) in [5, 5.41) is 11.4. The number of nitrogens with one attached hydrogen (secondary N) is 1. The molecule has 1 aromatic rings. The molecule has 0 radical (unpaired) electrons. The maximum atomic E-state index is 11.8. The highest BCUT2D eigenvalue weighted by Gasteiger charge is 2.12. The summed E-state index contributed by atoms with van der Waals surface area (Å²) in [7, 11) is 1.55. The van der Waals surface area contributed by atoms with E-state index in [0.29, 0.717) is 28.8 Å². The lowest BCUT2D eigenvalue weighted by molar-refractivity contribution is -0.141. The lowest BCUT2D eigenvalue weighted by Crippen LogP contribution is -2.27. The molecule has 104 valence electrons. The van der Waals surface area contributed by atoms with E-state index in [9.17, 15) is 9.59 Å². The molecule has 2 N–H and O–H groups in total. The van der Waals surface area contributed by atoms with E-state index in [-0.39, 0.29) is 5.91 Å². The Balaban J connectivity index is 2.54. The van der Waals surface area contributed by atoms with Gasteiger partial charge in [-0.15, -0.1) is 0 Å². The van der Waals surface area contributed by atoms with Gasteiger partial charge in [-0.25, -0.2) is 0 Å². The smallest absolute Gasteiger partial charge is 0.306 e. The number of ether oxygens (including phenoxy) is 1. The molecule has 0 aliphatic heterocycles. The summed E-state index contributed by atoms with van der Waals surface area (Å²) in [4.78, 5) is 22.5. The number of carbonyl (C=O) groups excluding carboxylic acids is 1. The van der Waals surface area contributed by atoms with Gasteiger partial charge in [0.15, 0.2) is 0 Å². The number of rotatable bonds is 6. The summed E-state index contributed by atoms with van der Waals surface area (Å²) in [5.74, 6) is -0.915. The van der Waals surface area contributed by atoms with Gasteiger partial charge in [0.1, 0.15) is 5.75 Å². The first kappa shape index (κ1) is 15.5. The monoisotopic (exact) mass is 329 g/mol. The normalized spacial score (nSPS) is 11.7. The topological polar surface area (TPSA) is 75.6 Å². The van der Waals surface area contributed by atoms with Crippen LogP contribution < -0.4 is 10.1 Å². The number of halogens is 1. The zero-order valence-corrected chi connectivity index (χ0v) is 12.4. The van der Waals surface area contributed by atoms with Gasteiger partial charge < -0.3 is 15.2 Å². The minimum Gasteiger partial charge on any atom is -0.496 e. The molecule has 1 rings (SSSR count). The quantitative estimate of drug-likeness (QED) is 0.839. The van der Waals surface area contributed by atoms with Crippen LogP contribution in [0.1, 0.15) is 23.7 Å². The van der Waals surface area contributed by atoms with Crippen LogP contribution in [0.5, 0.6) is 5.75 Å². The molecule has 19 heavy (non-hydrogen) atoms. The third-order valence-electron chi connectivity index (χ3n) is 2.70.